The second-order valence-corrected chi connectivity index (χ2v) is 3.03. The molecule has 0 aromatic carbocycles. The molecule has 0 unspecified atom stereocenters. The lowest BCUT2D eigenvalue weighted by Gasteiger charge is -1.96. The van der Waals surface area contributed by atoms with E-state index in [2.05, 4.69) is 0 Å². The molecule has 58 valence electrons. The van der Waals surface area contributed by atoms with E-state index in [0.717, 1.165) is 0 Å². The zero-order valence-corrected chi connectivity index (χ0v) is 7.54. The SMILES string of the molecule is CC(C)C(=O)C=C(Cl)CCl. The summed E-state index contributed by atoms with van der Waals surface area (Å²) in [6, 6.07) is 0. The standard InChI is InChI=1S/C7H10Cl2O/c1-5(2)7(10)3-6(9)4-8/h3,5H,4H2,1-2H3. The lowest BCUT2D eigenvalue weighted by atomic mass is 10.1. The van der Waals surface area contributed by atoms with Gasteiger partial charge in [-0.15, -0.1) is 11.6 Å². The molecule has 0 aliphatic carbocycles. The molecule has 0 rings (SSSR count). The van der Waals surface area contributed by atoms with Crippen LogP contribution in [0.3, 0.4) is 0 Å². The first-order valence-corrected chi connectivity index (χ1v) is 3.95. The number of allylic oxidation sites excluding steroid dienone is 2. The van der Waals surface area contributed by atoms with E-state index in [1.165, 1.54) is 6.08 Å². The Morgan fingerprint density at radius 2 is 2.10 bits per heavy atom. The smallest absolute Gasteiger partial charge is 0.159 e. The highest BCUT2D eigenvalue weighted by atomic mass is 35.5. The van der Waals surface area contributed by atoms with Crippen LogP contribution in [0.2, 0.25) is 0 Å². The normalized spacial score (nSPS) is 12.3. The Kier molecular flexibility index (Phi) is 4.75. The fraction of sp³-hybridized carbons (Fsp3) is 0.571. The third-order valence-electron chi connectivity index (χ3n) is 0.996. The lowest BCUT2D eigenvalue weighted by molar-refractivity contribution is -0.117. The molecule has 0 saturated carbocycles. The Morgan fingerprint density at radius 1 is 1.60 bits per heavy atom. The quantitative estimate of drug-likeness (QED) is 0.483. The number of hydrogen-bond acceptors (Lipinski definition) is 1. The summed E-state index contributed by atoms with van der Waals surface area (Å²) >= 11 is 10.9. The van der Waals surface area contributed by atoms with Crippen molar-refractivity contribution in [2.24, 2.45) is 5.92 Å². The molecule has 0 aliphatic heterocycles. The molecule has 0 fully saturated rings. The Labute approximate surface area is 71.0 Å². The maximum absolute atomic E-state index is 10.9. The third kappa shape index (κ3) is 3.91. The fourth-order valence-electron chi connectivity index (χ4n) is 0.360. The van der Waals surface area contributed by atoms with Gasteiger partial charge in [-0.05, 0) is 6.08 Å². The molecule has 0 amide bonds. The number of hydrogen-bond donors (Lipinski definition) is 0. The number of rotatable bonds is 3. The van der Waals surface area contributed by atoms with E-state index in [1.807, 2.05) is 13.8 Å². The predicted molar refractivity (Wildman–Crippen MR) is 44.5 cm³/mol. The van der Waals surface area contributed by atoms with Crippen LogP contribution in [-0.2, 0) is 4.79 Å². The lowest BCUT2D eigenvalue weighted by Crippen LogP contribution is -2.03. The summed E-state index contributed by atoms with van der Waals surface area (Å²) in [7, 11) is 0. The first-order chi connectivity index (χ1) is 4.57. The van der Waals surface area contributed by atoms with Gasteiger partial charge in [-0.2, -0.15) is 0 Å². The van der Waals surface area contributed by atoms with E-state index in [4.69, 9.17) is 23.2 Å². The van der Waals surface area contributed by atoms with Crippen LogP contribution in [0.1, 0.15) is 13.8 Å². The third-order valence-corrected chi connectivity index (χ3v) is 1.66. The van der Waals surface area contributed by atoms with Crippen molar-refractivity contribution in [3.8, 4) is 0 Å². The van der Waals surface area contributed by atoms with Crippen molar-refractivity contribution in [2.45, 2.75) is 13.8 Å². The molecule has 0 N–H and O–H groups in total. The molecular weight excluding hydrogens is 171 g/mol. The number of alkyl halides is 1. The Morgan fingerprint density at radius 3 is 2.40 bits per heavy atom. The van der Waals surface area contributed by atoms with Gasteiger partial charge in [-0.3, -0.25) is 4.79 Å². The highest BCUT2D eigenvalue weighted by Crippen LogP contribution is 2.06. The van der Waals surface area contributed by atoms with E-state index in [0.29, 0.717) is 5.03 Å². The molecule has 0 bridgehead atoms. The average Bonchev–Trinajstić information content (AvgIpc) is 1.87. The number of halogens is 2. The van der Waals surface area contributed by atoms with Gasteiger partial charge in [0.2, 0.25) is 0 Å². The summed E-state index contributed by atoms with van der Waals surface area (Å²) in [6.07, 6.45) is 1.37. The molecule has 0 aromatic heterocycles. The second-order valence-electron chi connectivity index (χ2n) is 2.28. The van der Waals surface area contributed by atoms with Crippen LogP contribution >= 0.6 is 23.2 Å². The van der Waals surface area contributed by atoms with Crippen molar-refractivity contribution in [2.75, 3.05) is 5.88 Å². The number of carbonyl (C=O) groups is 1. The molecule has 0 atom stereocenters. The van der Waals surface area contributed by atoms with Crippen molar-refractivity contribution < 1.29 is 4.79 Å². The molecule has 0 aromatic rings. The van der Waals surface area contributed by atoms with Crippen LogP contribution in [0.15, 0.2) is 11.1 Å². The zero-order valence-electron chi connectivity index (χ0n) is 6.03. The van der Waals surface area contributed by atoms with Crippen LogP contribution in [0, 0.1) is 5.92 Å². The van der Waals surface area contributed by atoms with Crippen molar-refractivity contribution in [1.82, 2.24) is 0 Å². The maximum Gasteiger partial charge on any atom is 0.159 e. The van der Waals surface area contributed by atoms with Crippen molar-refractivity contribution in [3.05, 3.63) is 11.1 Å². The van der Waals surface area contributed by atoms with E-state index < -0.39 is 0 Å². The molecule has 0 aliphatic rings. The summed E-state index contributed by atoms with van der Waals surface area (Å²) in [6.45, 7) is 3.63. The Bertz CT molecular complexity index is 150. The minimum atomic E-state index is -0.00281. The minimum Gasteiger partial charge on any atom is -0.295 e. The number of ketones is 1. The molecule has 1 nitrogen and oxygen atoms in total. The Balaban J connectivity index is 4.00. The summed E-state index contributed by atoms with van der Waals surface area (Å²) in [5.74, 6) is 0.225. The summed E-state index contributed by atoms with van der Waals surface area (Å²) in [5.41, 5.74) is 0. The van der Waals surface area contributed by atoms with Crippen LogP contribution < -0.4 is 0 Å². The van der Waals surface area contributed by atoms with Gasteiger partial charge in [0.25, 0.3) is 0 Å². The van der Waals surface area contributed by atoms with E-state index in [9.17, 15) is 4.79 Å². The van der Waals surface area contributed by atoms with Gasteiger partial charge >= 0.3 is 0 Å². The zero-order chi connectivity index (χ0) is 8.15. The van der Waals surface area contributed by atoms with Crippen LogP contribution in [-0.4, -0.2) is 11.7 Å². The maximum atomic E-state index is 10.9. The predicted octanol–water partition coefficient (Wildman–Crippen LogP) is 2.57. The largest absolute Gasteiger partial charge is 0.295 e. The fourth-order valence-corrected chi connectivity index (χ4v) is 0.544. The topological polar surface area (TPSA) is 17.1 Å². The second kappa shape index (κ2) is 4.75. The molecule has 10 heavy (non-hydrogen) atoms. The molecule has 0 spiro atoms. The van der Waals surface area contributed by atoms with E-state index >= 15 is 0 Å². The summed E-state index contributed by atoms with van der Waals surface area (Å²) < 4.78 is 0. The molecule has 0 heterocycles. The highest BCUT2D eigenvalue weighted by molar-refractivity contribution is 6.36. The van der Waals surface area contributed by atoms with Gasteiger partial charge in [0.1, 0.15) is 0 Å². The van der Waals surface area contributed by atoms with Crippen molar-refractivity contribution >= 4 is 29.0 Å². The van der Waals surface area contributed by atoms with Gasteiger partial charge in [0, 0.05) is 11.0 Å². The van der Waals surface area contributed by atoms with Crippen LogP contribution in [0.4, 0.5) is 0 Å². The van der Waals surface area contributed by atoms with Crippen LogP contribution in [0.5, 0.6) is 0 Å². The highest BCUT2D eigenvalue weighted by Gasteiger charge is 2.03. The average molecular weight is 181 g/mol. The first-order valence-electron chi connectivity index (χ1n) is 3.03. The first kappa shape index (κ1) is 9.99. The summed E-state index contributed by atoms with van der Waals surface area (Å²) in [4.78, 5) is 10.9. The summed E-state index contributed by atoms with van der Waals surface area (Å²) in [5, 5.41) is 0.403. The van der Waals surface area contributed by atoms with Crippen molar-refractivity contribution in [3.63, 3.8) is 0 Å². The number of carbonyl (C=O) groups excluding carboxylic acids is 1. The molecule has 0 saturated heterocycles. The Hall–Kier alpha value is -0.0100. The van der Waals surface area contributed by atoms with E-state index in [1.54, 1.807) is 0 Å². The molecule has 3 heteroatoms. The molecule has 0 radical (unpaired) electrons. The van der Waals surface area contributed by atoms with Gasteiger partial charge in [0.15, 0.2) is 5.78 Å². The van der Waals surface area contributed by atoms with Gasteiger partial charge in [0.05, 0.1) is 5.88 Å². The molecular formula is C7H10Cl2O. The monoisotopic (exact) mass is 180 g/mol. The van der Waals surface area contributed by atoms with Crippen LogP contribution in [0.25, 0.3) is 0 Å². The van der Waals surface area contributed by atoms with Gasteiger partial charge in [-0.25, -0.2) is 0 Å². The van der Waals surface area contributed by atoms with E-state index in [-0.39, 0.29) is 17.6 Å². The van der Waals surface area contributed by atoms with Crippen molar-refractivity contribution in [1.29, 1.82) is 0 Å². The van der Waals surface area contributed by atoms with Gasteiger partial charge in [-0.1, -0.05) is 25.4 Å². The minimum absolute atomic E-state index is 0.00281. The van der Waals surface area contributed by atoms with Gasteiger partial charge < -0.3 is 0 Å².